The lowest BCUT2D eigenvalue weighted by atomic mass is 10.1. The van der Waals surface area contributed by atoms with Gasteiger partial charge in [-0.3, -0.25) is 4.90 Å². The summed E-state index contributed by atoms with van der Waals surface area (Å²) >= 11 is 6.22. The number of likely N-dealkylation sites (N-methyl/N-ethyl adjacent to an activating group) is 1. The summed E-state index contributed by atoms with van der Waals surface area (Å²) in [6.07, 6.45) is 1.78. The van der Waals surface area contributed by atoms with Gasteiger partial charge in [0.05, 0.1) is 5.02 Å². The van der Waals surface area contributed by atoms with Crippen LogP contribution >= 0.6 is 11.6 Å². The number of anilines is 1. The summed E-state index contributed by atoms with van der Waals surface area (Å²) in [5.74, 6) is 1.04. The zero-order valence-corrected chi connectivity index (χ0v) is 13.6. The normalized spacial score (nSPS) is 24.1. The van der Waals surface area contributed by atoms with Gasteiger partial charge in [-0.25, -0.2) is 4.98 Å². The van der Waals surface area contributed by atoms with Gasteiger partial charge < -0.3 is 10.2 Å². The lowest BCUT2D eigenvalue weighted by Crippen LogP contribution is -2.55. The van der Waals surface area contributed by atoms with E-state index < -0.39 is 0 Å². The molecule has 5 heteroatoms. The van der Waals surface area contributed by atoms with Crippen molar-refractivity contribution < 1.29 is 0 Å². The average Bonchev–Trinajstić information content (AvgIpc) is 2.43. The van der Waals surface area contributed by atoms with Crippen LogP contribution in [0.3, 0.4) is 0 Å². The smallest absolute Gasteiger partial charge is 0.129 e. The first-order chi connectivity index (χ1) is 9.52. The lowest BCUT2D eigenvalue weighted by Gasteiger charge is -2.43. The predicted octanol–water partition coefficient (Wildman–Crippen LogP) is 2.37. The zero-order chi connectivity index (χ0) is 14.7. The third-order valence-corrected chi connectivity index (χ3v) is 4.51. The van der Waals surface area contributed by atoms with E-state index in [1.165, 1.54) is 0 Å². The second-order valence-electron chi connectivity index (χ2n) is 5.68. The number of nitrogens with one attached hydrogen (secondary N) is 1. The van der Waals surface area contributed by atoms with Crippen molar-refractivity contribution in [2.75, 3.05) is 31.6 Å². The fraction of sp³-hybridized carbons (Fsp3) is 0.667. The molecule has 2 atom stereocenters. The van der Waals surface area contributed by atoms with E-state index >= 15 is 0 Å². The SMILES string of the molecule is CCNCc1cc(N2CC(C)N(C)C(C)C2)ncc1Cl. The van der Waals surface area contributed by atoms with Gasteiger partial charge in [-0.05, 0) is 39.1 Å². The van der Waals surface area contributed by atoms with Gasteiger partial charge in [0.2, 0.25) is 0 Å². The molecule has 1 aliphatic rings. The maximum absolute atomic E-state index is 6.22. The number of hydrogen-bond acceptors (Lipinski definition) is 4. The van der Waals surface area contributed by atoms with Crippen molar-refractivity contribution in [2.24, 2.45) is 0 Å². The highest BCUT2D eigenvalue weighted by Crippen LogP contribution is 2.24. The quantitative estimate of drug-likeness (QED) is 0.924. The van der Waals surface area contributed by atoms with E-state index in [4.69, 9.17) is 11.6 Å². The van der Waals surface area contributed by atoms with Crippen LogP contribution in [0.1, 0.15) is 26.3 Å². The Balaban J connectivity index is 2.16. The summed E-state index contributed by atoms with van der Waals surface area (Å²) in [5, 5.41) is 4.06. The molecule has 1 aromatic rings. The summed E-state index contributed by atoms with van der Waals surface area (Å²) in [7, 11) is 2.19. The van der Waals surface area contributed by atoms with E-state index in [0.717, 1.165) is 42.6 Å². The number of pyridine rings is 1. The second-order valence-corrected chi connectivity index (χ2v) is 6.09. The van der Waals surface area contributed by atoms with Gasteiger partial charge in [0.15, 0.2) is 0 Å². The van der Waals surface area contributed by atoms with Crippen molar-refractivity contribution in [1.82, 2.24) is 15.2 Å². The Morgan fingerprint density at radius 1 is 1.35 bits per heavy atom. The first kappa shape index (κ1) is 15.5. The number of piperazine rings is 1. The molecule has 112 valence electrons. The topological polar surface area (TPSA) is 31.4 Å². The Bertz CT molecular complexity index is 439. The first-order valence-electron chi connectivity index (χ1n) is 7.35. The van der Waals surface area contributed by atoms with Crippen LogP contribution in [0.4, 0.5) is 5.82 Å². The van der Waals surface area contributed by atoms with Crippen molar-refractivity contribution in [2.45, 2.75) is 39.4 Å². The highest BCUT2D eigenvalue weighted by molar-refractivity contribution is 6.31. The zero-order valence-electron chi connectivity index (χ0n) is 12.9. The molecular weight excluding hydrogens is 272 g/mol. The van der Waals surface area contributed by atoms with Crippen molar-refractivity contribution in [3.8, 4) is 0 Å². The fourth-order valence-corrected chi connectivity index (χ4v) is 2.80. The number of rotatable bonds is 4. The van der Waals surface area contributed by atoms with E-state index in [9.17, 15) is 0 Å². The Hall–Kier alpha value is -0.840. The molecule has 2 unspecified atom stereocenters. The minimum Gasteiger partial charge on any atom is -0.353 e. The predicted molar refractivity (Wildman–Crippen MR) is 85.5 cm³/mol. The third-order valence-electron chi connectivity index (χ3n) is 4.17. The lowest BCUT2D eigenvalue weighted by molar-refractivity contribution is 0.169. The van der Waals surface area contributed by atoms with Crippen LogP contribution in [-0.2, 0) is 6.54 Å². The van der Waals surface area contributed by atoms with Gasteiger partial charge in [0, 0.05) is 37.9 Å². The number of hydrogen-bond donors (Lipinski definition) is 1. The molecule has 2 rings (SSSR count). The fourth-order valence-electron chi connectivity index (χ4n) is 2.63. The van der Waals surface area contributed by atoms with E-state index in [0.29, 0.717) is 12.1 Å². The van der Waals surface area contributed by atoms with Crippen LogP contribution in [0.2, 0.25) is 5.02 Å². The highest BCUT2D eigenvalue weighted by atomic mass is 35.5. The molecule has 0 radical (unpaired) electrons. The Kier molecular flexibility index (Phi) is 5.24. The first-order valence-corrected chi connectivity index (χ1v) is 7.72. The van der Waals surface area contributed by atoms with Crippen LogP contribution in [0.25, 0.3) is 0 Å². The van der Waals surface area contributed by atoms with E-state index in [-0.39, 0.29) is 0 Å². The molecule has 0 aromatic carbocycles. The van der Waals surface area contributed by atoms with Gasteiger partial charge in [0.1, 0.15) is 5.82 Å². The summed E-state index contributed by atoms with van der Waals surface area (Å²) in [5.41, 5.74) is 1.12. The molecule has 1 N–H and O–H groups in total. The Morgan fingerprint density at radius 3 is 2.60 bits per heavy atom. The van der Waals surface area contributed by atoms with Crippen LogP contribution in [0.15, 0.2) is 12.3 Å². The Labute approximate surface area is 127 Å². The van der Waals surface area contributed by atoms with E-state index in [1.807, 2.05) is 0 Å². The minimum absolute atomic E-state index is 0.536. The van der Waals surface area contributed by atoms with Gasteiger partial charge >= 0.3 is 0 Å². The van der Waals surface area contributed by atoms with Gasteiger partial charge in [-0.15, -0.1) is 0 Å². The molecular formula is C15H25ClN4. The van der Waals surface area contributed by atoms with Crippen LogP contribution < -0.4 is 10.2 Å². The highest BCUT2D eigenvalue weighted by Gasteiger charge is 2.27. The van der Waals surface area contributed by atoms with Crippen LogP contribution in [0.5, 0.6) is 0 Å². The van der Waals surface area contributed by atoms with Gasteiger partial charge in [-0.1, -0.05) is 18.5 Å². The molecule has 1 aromatic heterocycles. The van der Waals surface area contributed by atoms with Crippen molar-refractivity contribution in [3.63, 3.8) is 0 Å². The van der Waals surface area contributed by atoms with Crippen molar-refractivity contribution in [1.29, 1.82) is 0 Å². The molecule has 0 bridgehead atoms. The van der Waals surface area contributed by atoms with Gasteiger partial charge in [0.25, 0.3) is 0 Å². The minimum atomic E-state index is 0.536. The number of nitrogens with zero attached hydrogens (tertiary/aromatic N) is 3. The van der Waals surface area contributed by atoms with Crippen LogP contribution in [0, 0.1) is 0 Å². The molecule has 1 saturated heterocycles. The molecule has 0 amide bonds. The largest absolute Gasteiger partial charge is 0.353 e. The summed E-state index contributed by atoms with van der Waals surface area (Å²) in [6, 6.07) is 3.19. The summed E-state index contributed by atoms with van der Waals surface area (Å²) < 4.78 is 0. The Morgan fingerprint density at radius 2 is 2.00 bits per heavy atom. The molecule has 2 heterocycles. The summed E-state index contributed by atoms with van der Waals surface area (Å²) in [6.45, 7) is 10.4. The molecule has 0 spiro atoms. The second kappa shape index (κ2) is 6.74. The third kappa shape index (κ3) is 3.43. The van der Waals surface area contributed by atoms with E-state index in [1.54, 1.807) is 6.20 Å². The molecule has 0 aliphatic carbocycles. The number of halogens is 1. The molecule has 4 nitrogen and oxygen atoms in total. The monoisotopic (exact) mass is 296 g/mol. The maximum atomic E-state index is 6.22. The van der Waals surface area contributed by atoms with Crippen molar-refractivity contribution >= 4 is 17.4 Å². The van der Waals surface area contributed by atoms with Crippen molar-refractivity contribution in [3.05, 3.63) is 22.8 Å². The average molecular weight is 297 g/mol. The molecule has 20 heavy (non-hydrogen) atoms. The maximum Gasteiger partial charge on any atom is 0.129 e. The van der Waals surface area contributed by atoms with Gasteiger partial charge in [-0.2, -0.15) is 0 Å². The molecule has 1 aliphatic heterocycles. The standard InChI is InChI=1S/C15H25ClN4/c1-5-17-7-13-6-15(18-8-14(13)16)20-9-11(2)19(4)12(3)10-20/h6,8,11-12,17H,5,7,9-10H2,1-4H3. The summed E-state index contributed by atoms with van der Waals surface area (Å²) in [4.78, 5) is 9.30. The number of aromatic nitrogens is 1. The van der Waals surface area contributed by atoms with Crippen LogP contribution in [-0.4, -0.2) is 48.6 Å². The molecule has 1 fully saturated rings. The van der Waals surface area contributed by atoms with E-state index in [2.05, 4.69) is 54.0 Å². The molecule has 0 saturated carbocycles.